The lowest BCUT2D eigenvalue weighted by Gasteiger charge is -2.24. The first-order valence-corrected chi connectivity index (χ1v) is 21.5. The first-order chi connectivity index (χ1) is 19.7. The molecular formula is C28H52N2O4S6. The maximum Gasteiger partial charge on any atom is 0.271 e. The third-order valence-electron chi connectivity index (χ3n) is 6.86. The Morgan fingerprint density at radius 3 is 1.60 bits per heavy atom. The average Bonchev–Trinajstić information content (AvgIpc) is 2.97. The predicted molar refractivity (Wildman–Crippen MR) is 185 cm³/mol. The summed E-state index contributed by atoms with van der Waals surface area (Å²) in [6.45, 7) is 8.55. The Hall–Kier alpha value is 1.28. The van der Waals surface area contributed by atoms with Gasteiger partial charge < -0.3 is 9.47 Å². The highest BCUT2D eigenvalue weighted by Crippen LogP contribution is 2.38. The smallest absolute Gasteiger partial charge is 0.271 e. The van der Waals surface area contributed by atoms with E-state index in [2.05, 4.69) is 15.5 Å². The minimum absolute atomic E-state index is 0.193. The molecule has 2 heterocycles. The number of hydrogen-bond acceptors (Lipinski definition) is 12. The van der Waals surface area contributed by atoms with Gasteiger partial charge in [-0.1, -0.05) is 106 Å². The first-order valence-electron chi connectivity index (χ1n) is 15.4. The Morgan fingerprint density at radius 2 is 1.07 bits per heavy atom. The summed E-state index contributed by atoms with van der Waals surface area (Å²) < 4.78 is 15.4. The number of carbonyl (C=O) groups excluding carboxylic acids is 2. The van der Waals surface area contributed by atoms with Crippen LogP contribution in [0.1, 0.15) is 103 Å². The SMILES string of the molecule is CCCCCCCCC(CCCCCCCCCSSC(=O)SN1CCOCC1)SSC(=O)SN1CCOCC1. The normalized spacial score (nSPS) is 17.7. The van der Waals surface area contributed by atoms with Crippen molar-refractivity contribution in [3.63, 3.8) is 0 Å². The van der Waals surface area contributed by atoms with Gasteiger partial charge >= 0.3 is 0 Å². The van der Waals surface area contributed by atoms with Crippen LogP contribution in [0.5, 0.6) is 0 Å². The highest BCUT2D eigenvalue weighted by atomic mass is 33.1. The van der Waals surface area contributed by atoms with Crippen LogP contribution in [0.3, 0.4) is 0 Å². The number of carbonyl (C=O) groups is 2. The highest BCUT2D eigenvalue weighted by molar-refractivity contribution is 8.86. The zero-order chi connectivity index (χ0) is 28.5. The van der Waals surface area contributed by atoms with Crippen molar-refractivity contribution >= 4 is 76.0 Å². The Labute approximate surface area is 268 Å². The zero-order valence-corrected chi connectivity index (χ0v) is 29.4. The molecule has 0 radical (unpaired) electrons. The molecule has 0 aromatic carbocycles. The summed E-state index contributed by atoms with van der Waals surface area (Å²) in [6, 6.07) is 0. The van der Waals surface area contributed by atoms with Crippen molar-refractivity contribution in [2.45, 2.75) is 108 Å². The van der Waals surface area contributed by atoms with Gasteiger partial charge in [-0.25, -0.2) is 8.61 Å². The molecule has 0 bridgehead atoms. The van der Waals surface area contributed by atoms with Gasteiger partial charge in [0, 0.05) is 61.1 Å². The van der Waals surface area contributed by atoms with Gasteiger partial charge in [0.15, 0.2) is 0 Å². The Morgan fingerprint density at radius 1 is 0.625 bits per heavy atom. The van der Waals surface area contributed by atoms with Gasteiger partial charge in [0.25, 0.3) is 8.89 Å². The van der Waals surface area contributed by atoms with Crippen molar-refractivity contribution in [3.8, 4) is 0 Å². The van der Waals surface area contributed by atoms with Crippen LogP contribution in [0.2, 0.25) is 0 Å². The standard InChI is InChI=1S/C28H52N2O4S6/c1-2-3-4-5-9-12-15-26(38-40-28(32)37-30-19-23-34-24-20-30)16-13-10-7-6-8-11-14-25-35-39-27(31)36-29-17-21-33-22-18-29/h26H,2-25H2,1H3. The molecule has 40 heavy (non-hydrogen) atoms. The fourth-order valence-corrected chi connectivity index (χ4v) is 11.2. The van der Waals surface area contributed by atoms with Gasteiger partial charge in [-0.3, -0.25) is 9.59 Å². The van der Waals surface area contributed by atoms with Crippen molar-refractivity contribution in [2.75, 3.05) is 58.4 Å². The van der Waals surface area contributed by atoms with Crippen LogP contribution >= 0.6 is 67.1 Å². The van der Waals surface area contributed by atoms with Crippen molar-refractivity contribution in [3.05, 3.63) is 0 Å². The van der Waals surface area contributed by atoms with Crippen LogP contribution in [0.15, 0.2) is 0 Å². The molecule has 2 aliphatic rings. The van der Waals surface area contributed by atoms with Gasteiger partial charge in [-0.05, 0) is 40.9 Å². The predicted octanol–water partition coefficient (Wildman–Crippen LogP) is 10.2. The molecule has 0 saturated carbocycles. The molecule has 12 heteroatoms. The van der Waals surface area contributed by atoms with Crippen LogP contribution in [-0.4, -0.2) is 81.1 Å². The van der Waals surface area contributed by atoms with Gasteiger partial charge in [-0.2, -0.15) is 0 Å². The monoisotopic (exact) mass is 672 g/mol. The molecule has 1 atom stereocenters. The molecule has 0 aliphatic carbocycles. The molecule has 0 spiro atoms. The number of morpholine rings is 2. The molecule has 0 aromatic heterocycles. The van der Waals surface area contributed by atoms with E-state index in [0.717, 1.165) is 58.4 Å². The van der Waals surface area contributed by atoms with E-state index in [0.29, 0.717) is 5.25 Å². The maximum absolute atomic E-state index is 12.5. The minimum Gasteiger partial charge on any atom is -0.379 e. The van der Waals surface area contributed by atoms with Crippen molar-refractivity contribution < 1.29 is 19.1 Å². The Bertz CT molecular complexity index is 640. The molecule has 0 aromatic rings. The van der Waals surface area contributed by atoms with Gasteiger partial charge in [-0.15, -0.1) is 0 Å². The minimum atomic E-state index is 0.193. The highest BCUT2D eigenvalue weighted by Gasteiger charge is 2.19. The summed E-state index contributed by atoms with van der Waals surface area (Å²) >= 11 is 2.73. The molecule has 0 amide bonds. The van der Waals surface area contributed by atoms with Crippen molar-refractivity contribution in [1.29, 1.82) is 0 Å². The molecule has 2 aliphatic heterocycles. The zero-order valence-electron chi connectivity index (χ0n) is 24.5. The molecule has 1 unspecified atom stereocenters. The van der Waals surface area contributed by atoms with E-state index in [4.69, 9.17) is 9.47 Å². The summed E-state index contributed by atoms with van der Waals surface area (Å²) in [7, 11) is 6.39. The number of hydrogen-bond donors (Lipinski definition) is 0. The van der Waals surface area contributed by atoms with E-state index in [1.807, 2.05) is 10.8 Å². The van der Waals surface area contributed by atoms with Crippen LogP contribution < -0.4 is 0 Å². The van der Waals surface area contributed by atoms with Gasteiger partial charge in [0.2, 0.25) is 0 Å². The topological polar surface area (TPSA) is 59.1 Å². The van der Waals surface area contributed by atoms with Crippen molar-refractivity contribution in [2.24, 2.45) is 0 Å². The quantitative estimate of drug-likeness (QED) is 0.0625. The van der Waals surface area contributed by atoms with Crippen LogP contribution in [0.4, 0.5) is 9.59 Å². The second kappa shape index (κ2) is 26.7. The summed E-state index contributed by atoms with van der Waals surface area (Å²) in [6.07, 6.45) is 19.4. The van der Waals surface area contributed by atoms with E-state index < -0.39 is 0 Å². The van der Waals surface area contributed by atoms with Crippen LogP contribution in [-0.2, 0) is 9.47 Å². The molecule has 2 fully saturated rings. The van der Waals surface area contributed by atoms with E-state index in [-0.39, 0.29) is 8.89 Å². The molecule has 234 valence electrons. The van der Waals surface area contributed by atoms with Crippen LogP contribution in [0, 0.1) is 0 Å². The molecule has 2 rings (SSSR count). The average molecular weight is 673 g/mol. The summed E-state index contributed by atoms with van der Waals surface area (Å²) in [5, 5.41) is 0.587. The second-order valence-corrected chi connectivity index (χ2v) is 17.8. The number of ether oxygens (including phenoxy) is 2. The Kier molecular flexibility index (Phi) is 25.0. The van der Waals surface area contributed by atoms with Gasteiger partial charge in [0.05, 0.1) is 26.4 Å². The van der Waals surface area contributed by atoms with Crippen molar-refractivity contribution in [1.82, 2.24) is 8.61 Å². The maximum atomic E-state index is 12.5. The van der Waals surface area contributed by atoms with Crippen LogP contribution in [0.25, 0.3) is 0 Å². The second-order valence-electron chi connectivity index (χ2n) is 10.3. The van der Waals surface area contributed by atoms with E-state index in [9.17, 15) is 9.59 Å². The molecule has 6 nitrogen and oxygen atoms in total. The summed E-state index contributed by atoms with van der Waals surface area (Å²) in [5.41, 5.74) is 0. The third kappa shape index (κ3) is 21.1. The molecular weight excluding hydrogens is 621 g/mol. The fourth-order valence-electron chi connectivity index (χ4n) is 4.52. The summed E-state index contributed by atoms with van der Waals surface area (Å²) in [5.74, 6) is 1.05. The Balaban J connectivity index is 1.47. The third-order valence-corrected chi connectivity index (χ3v) is 14.5. The van der Waals surface area contributed by atoms with E-state index in [1.165, 1.54) is 142 Å². The number of nitrogens with zero attached hydrogens (tertiary/aromatic N) is 2. The van der Waals surface area contributed by atoms with E-state index in [1.54, 1.807) is 10.8 Å². The lowest BCUT2D eigenvalue weighted by Crippen LogP contribution is -2.31. The molecule has 2 saturated heterocycles. The van der Waals surface area contributed by atoms with E-state index >= 15 is 0 Å². The largest absolute Gasteiger partial charge is 0.379 e. The fraction of sp³-hybridized carbons (Fsp3) is 0.929. The lowest BCUT2D eigenvalue weighted by atomic mass is 10.0. The summed E-state index contributed by atoms with van der Waals surface area (Å²) in [4.78, 5) is 24.6. The lowest BCUT2D eigenvalue weighted by molar-refractivity contribution is 0.0775. The van der Waals surface area contributed by atoms with Gasteiger partial charge in [0.1, 0.15) is 0 Å². The first kappa shape index (κ1) is 37.5. The number of unbranched alkanes of at least 4 members (excludes halogenated alkanes) is 11. The number of rotatable bonds is 22. The molecule has 0 N–H and O–H groups in total.